The Hall–Kier alpha value is -3.18. The summed E-state index contributed by atoms with van der Waals surface area (Å²) in [4.78, 5) is 80.4. The Bertz CT molecular complexity index is 1230. The van der Waals surface area contributed by atoms with E-state index in [0.717, 1.165) is 25.7 Å². The van der Waals surface area contributed by atoms with Gasteiger partial charge in [-0.3, -0.25) is 19.2 Å². The third-order valence-corrected chi connectivity index (χ3v) is 10.4. The summed E-state index contributed by atoms with van der Waals surface area (Å²) in [7, 11) is 0. The normalized spacial score (nSPS) is 25.8. The number of ketones is 1. The number of nitrogens with one attached hydrogen (secondary N) is 3. The molecule has 0 bridgehead atoms. The first kappa shape index (κ1) is 34.7. The number of carbonyl (C=O) groups excluding carboxylic acids is 6. The van der Waals surface area contributed by atoms with E-state index in [2.05, 4.69) is 16.0 Å². The lowest BCUT2D eigenvalue weighted by atomic mass is 9.85. The van der Waals surface area contributed by atoms with E-state index in [-0.39, 0.29) is 29.1 Å². The number of esters is 1. The van der Waals surface area contributed by atoms with Gasteiger partial charge in [-0.05, 0) is 73.5 Å². The molecule has 45 heavy (non-hydrogen) atoms. The van der Waals surface area contributed by atoms with E-state index in [1.807, 2.05) is 62.3 Å². The second-order valence-corrected chi connectivity index (χ2v) is 16.3. The van der Waals surface area contributed by atoms with Crippen LogP contribution in [-0.4, -0.2) is 76.7 Å². The number of urea groups is 1. The molecule has 4 aliphatic rings. The Morgan fingerprint density at radius 2 is 1.53 bits per heavy atom. The molecular weight excluding hydrogens is 578 g/mol. The maximum absolute atomic E-state index is 14.2. The Balaban J connectivity index is 1.50. The van der Waals surface area contributed by atoms with Crippen LogP contribution in [0.15, 0.2) is 0 Å². The second-order valence-electron chi connectivity index (χ2n) is 16.3. The summed E-state index contributed by atoms with van der Waals surface area (Å²) in [6.07, 6.45) is 4.15. The second kappa shape index (κ2) is 12.2. The zero-order valence-corrected chi connectivity index (χ0v) is 28.3. The first-order chi connectivity index (χ1) is 20.7. The summed E-state index contributed by atoms with van der Waals surface area (Å²) in [6, 6.07) is -4.57. The Morgan fingerprint density at radius 3 is 2.02 bits per heavy atom. The number of Topliss-reactive ketones (excluding diaryl/α,β-unsaturated/α-hetero) is 1. The highest BCUT2D eigenvalue weighted by Crippen LogP contribution is 2.65. The number of piperidine rings is 1. The zero-order chi connectivity index (χ0) is 33.8. The number of nitrogens with zero attached hydrogens (tertiary/aromatic N) is 1. The number of hydrogen-bond acceptors (Lipinski definition) is 7. The van der Waals surface area contributed by atoms with Crippen LogP contribution in [0.25, 0.3) is 0 Å². The van der Waals surface area contributed by atoms with Gasteiger partial charge in [0.2, 0.25) is 17.6 Å². The molecule has 6 atom stereocenters. The topological polar surface area (TPSA) is 177 Å². The van der Waals surface area contributed by atoms with Gasteiger partial charge in [-0.2, -0.15) is 0 Å². The van der Waals surface area contributed by atoms with E-state index in [4.69, 9.17) is 10.5 Å². The van der Waals surface area contributed by atoms with Crippen molar-refractivity contribution >= 4 is 35.5 Å². The van der Waals surface area contributed by atoms with Crippen LogP contribution in [0.5, 0.6) is 0 Å². The third-order valence-electron chi connectivity index (χ3n) is 10.4. The minimum atomic E-state index is -1.10. The molecule has 0 aromatic carbocycles. The van der Waals surface area contributed by atoms with Crippen LogP contribution in [0.3, 0.4) is 0 Å². The van der Waals surface area contributed by atoms with Gasteiger partial charge in [-0.15, -0.1) is 0 Å². The van der Waals surface area contributed by atoms with Crippen molar-refractivity contribution in [3.63, 3.8) is 0 Å². The first-order valence-corrected chi connectivity index (χ1v) is 16.4. The van der Waals surface area contributed by atoms with Crippen molar-refractivity contribution in [2.24, 2.45) is 46.2 Å². The lowest BCUT2D eigenvalue weighted by Gasteiger charge is -2.38. The van der Waals surface area contributed by atoms with Crippen LogP contribution in [0, 0.1) is 40.4 Å². The van der Waals surface area contributed by atoms with Crippen molar-refractivity contribution in [3.8, 4) is 0 Å². The maximum Gasteiger partial charge on any atom is 0.329 e. The number of rotatable bonds is 13. The van der Waals surface area contributed by atoms with Gasteiger partial charge in [0, 0.05) is 6.54 Å². The molecule has 0 aromatic rings. The third kappa shape index (κ3) is 7.62. The zero-order valence-electron chi connectivity index (χ0n) is 28.3. The molecule has 0 spiro atoms. The van der Waals surface area contributed by atoms with E-state index in [1.165, 1.54) is 4.90 Å². The molecule has 0 radical (unpaired) electrons. The molecule has 1 heterocycles. The van der Waals surface area contributed by atoms with Crippen molar-refractivity contribution in [2.75, 3.05) is 6.54 Å². The lowest BCUT2D eigenvalue weighted by molar-refractivity contribution is -0.162. The fourth-order valence-electron chi connectivity index (χ4n) is 6.97. The van der Waals surface area contributed by atoms with E-state index in [9.17, 15) is 28.8 Å². The van der Waals surface area contributed by atoms with Crippen molar-refractivity contribution in [3.05, 3.63) is 0 Å². The van der Waals surface area contributed by atoms with E-state index in [1.54, 1.807) is 0 Å². The van der Waals surface area contributed by atoms with Crippen LogP contribution in [0.2, 0.25) is 0 Å². The van der Waals surface area contributed by atoms with Crippen molar-refractivity contribution in [1.29, 1.82) is 0 Å². The maximum atomic E-state index is 14.2. The van der Waals surface area contributed by atoms with Gasteiger partial charge in [0.05, 0.1) is 6.04 Å². The SMILES string of the molecule is CC(C)[C@H](NC(=O)N[C@H](C(=O)N1CC2[C@@H]([C@H]1C(=O)NC(CC1CC1)C(=O)C(N)=O)C2(C)C)C(C)(C)C)C(=O)OC(C)(C)C1CC1. The van der Waals surface area contributed by atoms with Crippen LogP contribution in [-0.2, 0) is 28.7 Å². The summed E-state index contributed by atoms with van der Waals surface area (Å²) in [5.41, 5.74) is 3.71. The van der Waals surface area contributed by atoms with Crippen LogP contribution in [0.1, 0.15) is 94.4 Å². The number of amides is 5. The largest absolute Gasteiger partial charge is 0.458 e. The molecule has 4 fully saturated rings. The van der Waals surface area contributed by atoms with Gasteiger partial charge >= 0.3 is 12.0 Å². The number of fused-ring (bicyclic) bond motifs is 1. The van der Waals surface area contributed by atoms with Crippen LogP contribution in [0.4, 0.5) is 4.79 Å². The predicted molar refractivity (Wildman–Crippen MR) is 166 cm³/mol. The van der Waals surface area contributed by atoms with E-state index in [0.29, 0.717) is 18.9 Å². The Morgan fingerprint density at radius 1 is 0.933 bits per heavy atom. The van der Waals surface area contributed by atoms with Gasteiger partial charge in [0.15, 0.2) is 0 Å². The molecular formula is C33H53N5O7. The predicted octanol–water partition coefficient (Wildman–Crippen LogP) is 2.28. The summed E-state index contributed by atoms with van der Waals surface area (Å²) >= 11 is 0. The number of likely N-dealkylation sites (tertiary alicyclic amines) is 1. The first-order valence-electron chi connectivity index (χ1n) is 16.4. The number of hydrogen-bond donors (Lipinski definition) is 4. The summed E-state index contributed by atoms with van der Waals surface area (Å²) in [6.45, 7) is 17.2. The van der Waals surface area contributed by atoms with Crippen molar-refractivity contribution < 1.29 is 33.5 Å². The number of carbonyl (C=O) groups is 6. The van der Waals surface area contributed by atoms with Crippen molar-refractivity contribution in [2.45, 2.75) is 124 Å². The molecule has 5 amide bonds. The minimum absolute atomic E-state index is 0.0651. The van der Waals surface area contributed by atoms with Gasteiger partial charge in [0.1, 0.15) is 23.7 Å². The Kier molecular flexibility index (Phi) is 9.41. The number of primary amides is 1. The highest BCUT2D eigenvalue weighted by Gasteiger charge is 2.70. The summed E-state index contributed by atoms with van der Waals surface area (Å²) < 4.78 is 5.80. The molecule has 0 aromatic heterocycles. The molecule has 4 rings (SSSR count). The summed E-state index contributed by atoms with van der Waals surface area (Å²) in [5, 5.41) is 8.28. The van der Waals surface area contributed by atoms with Gasteiger partial charge < -0.3 is 31.3 Å². The molecule has 3 saturated carbocycles. The average Bonchev–Trinajstić information content (AvgIpc) is 3.85. The fraction of sp³-hybridized carbons (Fsp3) is 0.818. The molecule has 2 unspecified atom stereocenters. The average molecular weight is 632 g/mol. The Labute approximate surface area is 266 Å². The molecule has 1 aliphatic heterocycles. The van der Waals surface area contributed by atoms with Gasteiger partial charge in [-0.1, -0.05) is 61.3 Å². The minimum Gasteiger partial charge on any atom is -0.458 e. The molecule has 12 heteroatoms. The lowest BCUT2D eigenvalue weighted by Crippen LogP contribution is -2.62. The number of ether oxygens (including phenoxy) is 1. The molecule has 12 nitrogen and oxygen atoms in total. The van der Waals surface area contributed by atoms with Crippen LogP contribution >= 0.6 is 0 Å². The highest BCUT2D eigenvalue weighted by molar-refractivity contribution is 6.37. The van der Waals surface area contributed by atoms with Crippen LogP contribution < -0.4 is 21.7 Å². The smallest absolute Gasteiger partial charge is 0.329 e. The van der Waals surface area contributed by atoms with Gasteiger partial charge in [0.25, 0.3) is 5.91 Å². The van der Waals surface area contributed by atoms with E-state index < -0.39 is 70.7 Å². The molecule has 3 aliphatic carbocycles. The highest BCUT2D eigenvalue weighted by atomic mass is 16.6. The van der Waals surface area contributed by atoms with Gasteiger partial charge in [-0.25, -0.2) is 9.59 Å². The standard InChI is InChI=1S/C33H53N5O7/c1-16(2)22(29(43)45-33(8,9)18-12-13-18)36-30(44)37-25(31(3,4)5)28(42)38-15-19-21(32(19,6)7)23(38)27(41)35-20(14-17-10-11-17)24(39)26(34)40/h16-23,25H,10-15H2,1-9H3,(H2,34,40)(H,35,41)(H2,36,37,44)/t19?,20?,21-,22-,23-,25+/m0/s1. The molecule has 252 valence electrons. The molecule has 1 saturated heterocycles. The van der Waals surface area contributed by atoms with Crippen molar-refractivity contribution in [1.82, 2.24) is 20.9 Å². The number of nitrogens with two attached hydrogens (primary N) is 1. The monoisotopic (exact) mass is 631 g/mol. The summed E-state index contributed by atoms with van der Waals surface area (Å²) in [5.74, 6) is -3.22. The fourth-order valence-corrected chi connectivity index (χ4v) is 6.97. The van der Waals surface area contributed by atoms with E-state index >= 15 is 0 Å². The molecule has 5 N–H and O–H groups in total. The quantitative estimate of drug-likeness (QED) is 0.178.